The molecule has 0 fully saturated rings. The lowest BCUT2D eigenvalue weighted by Gasteiger charge is -2.24. The number of carbonyl (C=O) groups is 1. The highest BCUT2D eigenvalue weighted by molar-refractivity contribution is 7.91. The third kappa shape index (κ3) is 4.02. The third-order valence-electron chi connectivity index (χ3n) is 5.00. The average Bonchev–Trinajstić information content (AvgIpc) is 3.22. The van der Waals surface area contributed by atoms with Crippen molar-refractivity contribution < 1.29 is 22.7 Å². The molecule has 3 aromatic rings. The molecule has 6 nitrogen and oxygen atoms in total. The highest BCUT2D eigenvalue weighted by Crippen LogP contribution is 2.46. The number of rotatable bonds is 6. The minimum atomic E-state index is -3.82. The Morgan fingerprint density at radius 1 is 1.19 bits per heavy atom. The summed E-state index contributed by atoms with van der Waals surface area (Å²) >= 11 is 1.32. The summed E-state index contributed by atoms with van der Waals surface area (Å²) in [6, 6.07) is 13.5. The lowest BCUT2D eigenvalue weighted by molar-refractivity contribution is -0.116. The summed E-state index contributed by atoms with van der Waals surface area (Å²) in [6.45, 7) is 0.142. The number of amides is 1. The van der Waals surface area contributed by atoms with Crippen molar-refractivity contribution in [2.45, 2.75) is 22.1 Å². The predicted octanol–water partition coefficient (Wildman–Crippen LogP) is 4.08. The van der Waals surface area contributed by atoms with Gasteiger partial charge in [0.15, 0.2) is 0 Å². The molecular weight excluding hydrogens is 434 g/mol. The van der Waals surface area contributed by atoms with E-state index < -0.39 is 9.84 Å². The second kappa shape index (κ2) is 8.46. The number of fused-ring (bicyclic) bond motifs is 1. The van der Waals surface area contributed by atoms with Crippen molar-refractivity contribution in [1.82, 2.24) is 0 Å². The van der Waals surface area contributed by atoms with Gasteiger partial charge in [-0.05, 0) is 42.0 Å². The molecule has 158 valence electrons. The van der Waals surface area contributed by atoms with E-state index >= 15 is 0 Å². The number of thiophene rings is 1. The maximum atomic E-state index is 13.3. The first-order chi connectivity index (χ1) is 14.9. The highest BCUT2D eigenvalue weighted by atomic mass is 32.2. The van der Waals surface area contributed by atoms with Gasteiger partial charge in [0.1, 0.15) is 23.0 Å². The second-order valence-electron chi connectivity index (χ2n) is 6.89. The maximum absolute atomic E-state index is 13.3. The fraction of sp³-hybridized carbons (Fsp3) is 0.174. The Labute approximate surface area is 184 Å². The van der Waals surface area contributed by atoms with Crippen molar-refractivity contribution >= 4 is 32.8 Å². The van der Waals surface area contributed by atoms with E-state index in [0.717, 1.165) is 10.4 Å². The standard InChI is InChI=1S/C23H19NO5S2/c1-3-11-29-17-6-4-5-15(12-17)19-13-21(25)24-22-20(14-30-23(19)22)31(26,27)18-9-7-16(28-2)8-10-18/h1,4-10,12,14,19H,11,13H2,2H3,(H,24,25). The Kier molecular flexibility index (Phi) is 5.72. The molecule has 1 aromatic heterocycles. The molecule has 2 heterocycles. The van der Waals surface area contributed by atoms with Gasteiger partial charge in [0.2, 0.25) is 15.7 Å². The molecule has 0 saturated carbocycles. The zero-order valence-corrected chi connectivity index (χ0v) is 18.3. The van der Waals surface area contributed by atoms with Crippen LogP contribution in [0.4, 0.5) is 5.69 Å². The van der Waals surface area contributed by atoms with Crippen molar-refractivity contribution in [3.63, 3.8) is 0 Å². The molecule has 2 aromatic carbocycles. The molecule has 31 heavy (non-hydrogen) atoms. The number of terminal acetylenes is 1. The monoisotopic (exact) mass is 453 g/mol. The number of nitrogens with one attached hydrogen (secondary N) is 1. The fourth-order valence-electron chi connectivity index (χ4n) is 3.50. The molecular formula is C23H19NO5S2. The molecule has 1 aliphatic heterocycles. The van der Waals surface area contributed by atoms with Gasteiger partial charge in [0.25, 0.3) is 0 Å². The van der Waals surface area contributed by atoms with Gasteiger partial charge in [0.05, 0.1) is 17.7 Å². The number of hydrogen-bond acceptors (Lipinski definition) is 6. The SMILES string of the molecule is C#CCOc1cccc(C2CC(=O)Nc3c(S(=O)(=O)c4ccc(OC)cc4)csc32)c1. The summed E-state index contributed by atoms with van der Waals surface area (Å²) in [5.74, 6) is 3.07. The Balaban J connectivity index is 1.74. The van der Waals surface area contributed by atoms with Gasteiger partial charge in [-0.15, -0.1) is 17.8 Å². The molecule has 1 unspecified atom stereocenters. The van der Waals surface area contributed by atoms with E-state index in [0.29, 0.717) is 17.2 Å². The van der Waals surface area contributed by atoms with Crippen LogP contribution < -0.4 is 14.8 Å². The fourth-order valence-corrected chi connectivity index (χ4v) is 6.41. The van der Waals surface area contributed by atoms with E-state index in [4.69, 9.17) is 15.9 Å². The number of sulfone groups is 1. The van der Waals surface area contributed by atoms with Crippen LogP contribution in [0.25, 0.3) is 0 Å². The van der Waals surface area contributed by atoms with Gasteiger partial charge in [-0.2, -0.15) is 0 Å². The predicted molar refractivity (Wildman–Crippen MR) is 119 cm³/mol. The lowest BCUT2D eigenvalue weighted by Crippen LogP contribution is -2.23. The van der Waals surface area contributed by atoms with Crippen LogP contribution in [0.5, 0.6) is 11.5 Å². The van der Waals surface area contributed by atoms with Crippen molar-refractivity contribution in [2.24, 2.45) is 0 Å². The Bertz CT molecular complexity index is 1270. The average molecular weight is 454 g/mol. The number of benzene rings is 2. The Hall–Kier alpha value is -3.28. The quantitative estimate of drug-likeness (QED) is 0.569. The topological polar surface area (TPSA) is 81.7 Å². The molecule has 0 saturated heterocycles. The first-order valence-electron chi connectivity index (χ1n) is 9.40. The van der Waals surface area contributed by atoms with Gasteiger partial charge in [0, 0.05) is 22.6 Å². The van der Waals surface area contributed by atoms with Crippen LogP contribution >= 0.6 is 11.3 Å². The van der Waals surface area contributed by atoms with E-state index in [1.165, 1.54) is 30.6 Å². The van der Waals surface area contributed by atoms with Crippen molar-refractivity contribution in [1.29, 1.82) is 0 Å². The molecule has 0 bridgehead atoms. The number of carbonyl (C=O) groups excluding carboxylic acids is 1. The van der Waals surface area contributed by atoms with E-state index in [9.17, 15) is 13.2 Å². The van der Waals surface area contributed by atoms with Crippen LogP contribution in [0.1, 0.15) is 22.8 Å². The van der Waals surface area contributed by atoms with Crippen molar-refractivity contribution in [2.75, 3.05) is 19.0 Å². The first-order valence-corrected chi connectivity index (χ1v) is 11.8. The van der Waals surface area contributed by atoms with Crippen molar-refractivity contribution in [3.8, 4) is 23.8 Å². The maximum Gasteiger partial charge on any atom is 0.225 e. The van der Waals surface area contributed by atoms with Crippen LogP contribution in [0.15, 0.2) is 63.7 Å². The second-order valence-corrected chi connectivity index (χ2v) is 9.72. The van der Waals surface area contributed by atoms with Crippen LogP contribution in [-0.4, -0.2) is 28.0 Å². The van der Waals surface area contributed by atoms with Gasteiger partial charge >= 0.3 is 0 Å². The minimum Gasteiger partial charge on any atom is -0.497 e. The number of hydrogen-bond donors (Lipinski definition) is 1. The van der Waals surface area contributed by atoms with Gasteiger partial charge in [-0.3, -0.25) is 4.79 Å². The number of anilines is 1. The molecule has 1 atom stereocenters. The van der Waals surface area contributed by atoms with Gasteiger partial charge in [-0.25, -0.2) is 8.42 Å². The lowest BCUT2D eigenvalue weighted by atomic mass is 9.90. The zero-order chi connectivity index (χ0) is 22.0. The summed E-state index contributed by atoms with van der Waals surface area (Å²) < 4.78 is 37.1. The summed E-state index contributed by atoms with van der Waals surface area (Å²) in [5, 5.41) is 4.35. The van der Waals surface area contributed by atoms with Crippen LogP contribution in [0, 0.1) is 12.3 Å². The largest absolute Gasteiger partial charge is 0.497 e. The molecule has 1 aliphatic rings. The summed E-state index contributed by atoms with van der Waals surface area (Å²) in [5.41, 5.74) is 1.21. The number of ether oxygens (including phenoxy) is 2. The summed E-state index contributed by atoms with van der Waals surface area (Å²) in [4.78, 5) is 13.5. The molecule has 1 N–H and O–H groups in total. The van der Waals surface area contributed by atoms with Crippen LogP contribution in [0.2, 0.25) is 0 Å². The summed E-state index contributed by atoms with van der Waals surface area (Å²) in [6.07, 6.45) is 5.47. The van der Waals surface area contributed by atoms with E-state index in [1.807, 2.05) is 18.2 Å². The highest BCUT2D eigenvalue weighted by Gasteiger charge is 2.34. The van der Waals surface area contributed by atoms with Gasteiger partial charge in [-0.1, -0.05) is 18.1 Å². The Morgan fingerprint density at radius 2 is 1.97 bits per heavy atom. The molecule has 0 radical (unpaired) electrons. The van der Waals surface area contributed by atoms with Gasteiger partial charge < -0.3 is 14.8 Å². The van der Waals surface area contributed by atoms with Crippen molar-refractivity contribution in [3.05, 3.63) is 64.4 Å². The molecule has 0 spiro atoms. The van der Waals surface area contributed by atoms with Crippen LogP contribution in [0.3, 0.4) is 0 Å². The van der Waals surface area contributed by atoms with Crippen LogP contribution in [-0.2, 0) is 14.6 Å². The van der Waals surface area contributed by atoms with E-state index in [1.54, 1.807) is 23.6 Å². The summed E-state index contributed by atoms with van der Waals surface area (Å²) in [7, 11) is -2.30. The molecule has 0 aliphatic carbocycles. The normalized spacial score (nSPS) is 15.5. The molecule has 4 rings (SSSR count). The number of methoxy groups -OCH3 is 1. The first kappa shape index (κ1) is 21.0. The third-order valence-corrected chi connectivity index (χ3v) is 8.04. The molecule has 8 heteroatoms. The minimum absolute atomic E-state index is 0.0930. The van der Waals surface area contributed by atoms with E-state index in [2.05, 4.69) is 11.2 Å². The Morgan fingerprint density at radius 3 is 2.68 bits per heavy atom. The zero-order valence-electron chi connectivity index (χ0n) is 16.6. The smallest absolute Gasteiger partial charge is 0.225 e. The molecule has 1 amide bonds. The van der Waals surface area contributed by atoms with E-state index in [-0.39, 0.29) is 34.6 Å².